The highest BCUT2D eigenvalue weighted by Crippen LogP contribution is 2.28. The fourth-order valence-electron chi connectivity index (χ4n) is 2.90. The van der Waals surface area contributed by atoms with Crippen molar-refractivity contribution in [2.24, 2.45) is 11.8 Å². The number of rotatable bonds is 2. The van der Waals surface area contributed by atoms with Crippen LogP contribution in [0.5, 0.6) is 0 Å². The standard InChI is InChI=1S/C15H22N2O2/c1-10-6-11(2)9-17(8-10)12-4-5-14(16)13(7-12)15(18)19-3/h4-5,7,10-11H,6,8-9,16H2,1-3H3. The zero-order valence-electron chi connectivity index (χ0n) is 11.8. The lowest BCUT2D eigenvalue weighted by Crippen LogP contribution is -2.38. The Morgan fingerprint density at radius 1 is 1.32 bits per heavy atom. The summed E-state index contributed by atoms with van der Waals surface area (Å²) in [6, 6.07) is 5.60. The van der Waals surface area contributed by atoms with Gasteiger partial charge in [0.2, 0.25) is 0 Å². The van der Waals surface area contributed by atoms with Gasteiger partial charge in [0.1, 0.15) is 0 Å². The number of piperidine rings is 1. The molecule has 104 valence electrons. The van der Waals surface area contributed by atoms with Gasteiger partial charge in [0.05, 0.1) is 12.7 Å². The maximum atomic E-state index is 11.7. The van der Waals surface area contributed by atoms with E-state index >= 15 is 0 Å². The predicted molar refractivity (Wildman–Crippen MR) is 77.4 cm³/mol. The molecule has 1 aromatic rings. The molecule has 2 atom stereocenters. The number of nitrogens with zero attached hydrogens (tertiary/aromatic N) is 1. The van der Waals surface area contributed by atoms with Crippen molar-refractivity contribution in [3.63, 3.8) is 0 Å². The van der Waals surface area contributed by atoms with Crippen LogP contribution in [0.2, 0.25) is 0 Å². The molecule has 1 saturated heterocycles. The number of hydrogen-bond acceptors (Lipinski definition) is 4. The monoisotopic (exact) mass is 262 g/mol. The third-order valence-electron chi connectivity index (χ3n) is 3.68. The van der Waals surface area contributed by atoms with E-state index in [0.29, 0.717) is 23.1 Å². The number of benzene rings is 1. The molecular formula is C15H22N2O2. The summed E-state index contributed by atoms with van der Waals surface area (Å²) in [5.41, 5.74) is 7.80. The first-order valence-corrected chi connectivity index (χ1v) is 6.74. The molecule has 2 rings (SSSR count). The number of anilines is 2. The van der Waals surface area contributed by atoms with Crippen LogP contribution in [-0.4, -0.2) is 26.2 Å². The summed E-state index contributed by atoms with van der Waals surface area (Å²) in [6.45, 7) is 6.58. The summed E-state index contributed by atoms with van der Waals surface area (Å²) in [5.74, 6) is 0.961. The average Bonchev–Trinajstić information content (AvgIpc) is 2.37. The van der Waals surface area contributed by atoms with Crippen LogP contribution < -0.4 is 10.6 Å². The van der Waals surface area contributed by atoms with Gasteiger partial charge in [0, 0.05) is 24.5 Å². The Bertz CT molecular complexity index is 463. The first-order valence-electron chi connectivity index (χ1n) is 6.74. The Labute approximate surface area is 114 Å². The lowest BCUT2D eigenvalue weighted by Gasteiger charge is -2.36. The number of ether oxygens (including phenoxy) is 1. The molecule has 0 bridgehead atoms. The zero-order valence-corrected chi connectivity index (χ0v) is 11.8. The fourth-order valence-corrected chi connectivity index (χ4v) is 2.90. The molecule has 2 unspecified atom stereocenters. The molecule has 0 spiro atoms. The van der Waals surface area contributed by atoms with E-state index in [0.717, 1.165) is 18.8 Å². The molecule has 0 aromatic heterocycles. The van der Waals surface area contributed by atoms with Gasteiger partial charge >= 0.3 is 5.97 Å². The predicted octanol–water partition coefficient (Wildman–Crippen LogP) is 2.54. The van der Waals surface area contributed by atoms with Crippen LogP contribution in [-0.2, 0) is 4.74 Å². The van der Waals surface area contributed by atoms with E-state index in [1.54, 1.807) is 6.07 Å². The van der Waals surface area contributed by atoms with Crippen molar-refractivity contribution >= 4 is 17.3 Å². The van der Waals surface area contributed by atoms with E-state index < -0.39 is 0 Å². The van der Waals surface area contributed by atoms with E-state index in [1.165, 1.54) is 13.5 Å². The number of esters is 1. The molecule has 0 saturated carbocycles. The molecule has 1 aromatic carbocycles. The van der Waals surface area contributed by atoms with Crippen molar-refractivity contribution in [2.75, 3.05) is 30.8 Å². The van der Waals surface area contributed by atoms with Crippen LogP contribution in [0, 0.1) is 11.8 Å². The fraction of sp³-hybridized carbons (Fsp3) is 0.533. The van der Waals surface area contributed by atoms with Gasteiger partial charge in [-0.05, 0) is 36.5 Å². The van der Waals surface area contributed by atoms with Crippen molar-refractivity contribution in [3.05, 3.63) is 23.8 Å². The Balaban J connectivity index is 2.27. The van der Waals surface area contributed by atoms with Crippen LogP contribution in [0.3, 0.4) is 0 Å². The van der Waals surface area contributed by atoms with E-state index in [4.69, 9.17) is 10.5 Å². The Morgan fingerprint density at radius 3 is 2.53 bits per heavy atom. The number of carbonyl (C=O) groups is 1. The molecule has 1 heterocycles. The molecule has 0 amide bonds. The molecule has 2 N–H and O–H groups in total. The van der Waals surface area contributed by atoms with Gasteiger partial charge in [-0.15, -0.1) is 0 Å². The van der Waals surface area contributed by atoms with Gasteiger partial charge in [-0.3, -0.25) is 0 Å². The quantitative estimate of drug-likeness (QED) is 0.657. The van der Waals surface area contributed by atoms with Gasteiger partial charge in [-0.25, -0.2) is 4.79 Å². The lowest BCUT2D eigenvalue weighted by atomic mass is 9.91. The topological polar surface area (TPSA) is 55.6 Å². The van der Waals surface area contributed by atoms with Gasteiger partial charge in [-0.2, -0.15) is 0 Å². The second kappa shape index (κ2) is 5.51. The average molecular weight is 262 g/mol. The van der Waals surface area contributed by atoms with E-state index in [2.05, 4.69) is 18.7 Å². The first kappa shape index (κ1) is 13.7. The maximum Gasteiger partial charge on any atom is 0.340 e. The number of nitrogen functional groups attached to an aromatic ring is 1. The summed E-state index contributed by atoms with van der Waals surface area (Å²) in [5, 5.41) is 0. The number of hydrogen-bond donors (Lipinski definition) is 1. The molecule has 19 heavy (non-hydrogen) atoms. The van der Waals surface area contributed by atoms with Crippen molar-refractivity contribution < 1.29 is 9.53 Å². The van der Waals surface area contributed by atoms with Crippen LogP contribution in [0.4, 0.5) is 11.4 Å². The smallest absolute Gasteiger partial charge is 0.340 e. The minimum Gasteiger partial charge on any atom is -0.465 e. The van der Waals surface area contributed by atoms with E-state index in [9.17, 15) is 4.79 Å². The van der Waals surface area contributed by atoms with Gasteiger partial charge in [0.25, 0.3) is 0 Å². The molecule has 0 aliphatic carbocycles. The number of methoxy groups -OCH3 is 1. The van der Waals surface area contributed by atoms with Crippen LogP contribution in [0.15, 0.2) is 18.2 Å². The largest absolute Gasteiger partial charge is 0.465 e. The summed E-state index contributed by atoms with van der Waals surface area (Å²) in [7, 11) is 1.37. The normalized spacial score (nSPS) is 23.2. The van der Waals surface area contributed by atoms with Gasteiger partial charge in [0.15, 0.2) is 0 Å². The van der Waals surface area contributed by atoms with Crippen LogP contribution in [0.25, 0.3) is 0 Å². The van der Waals surface area contributed by atoms with E-state index in [-0.39, 0.29) is 5.97 Å². The molecule has 0 radical (unpaired) electrons. The van der Waals surface area contributed by atoms with Crippen molar-refractivity contribution in [2.45, 2.75) is 20.3 Å². The maximum absolute atomic E-state index is 11.7. The molecular weight excluding hydrogens is 240 g/mol. The third-order valence-corrected chi connectivity index (χ3v) is 3.68. The Kier molecular flexibility index (Phi) is 3.98. The highest BCUT2D eigenvalue weighted by Gasteiger charge is 2.23. The Morgan fingerprint density at radius 2 is 1.95 bits per heavy atom. The minimum atomic E-state index is -0.377. The van der Waals surface area contributed by atoms with Crippen LogP contribution in [0.1, 0.15) is 30.6 Å². The first-order chi connectivity index (χ1) is 9.01. The lowest BCUT2D eigenvalue weighted by molar-refractivity contribution is 0.0602. The molecule has 4 heteroatoms. The second-order valence-electron chi connectivity index (χ2n) is 5.61. The molecule has 1 aliphatic heterocycles. The zero-order chi connectivity index (χ0) is 14.0. The number of carbonyl (C=O) groups excluding carboxylic acids is 1. The summed E-state index contributed by atoms with van der Waals surface area (Å²) in [6.07, 6.45) is 1.26. The Hall–Kier alpha value is -1.71. The SMILES string of the molecule is COC(=O)c1cc(N2CC(C)CC(C)C2)ccc1N. The highest BCUT2D eigenvalue weighted by atomic mass is 16.5. The highest BCUT2D eigenvalue weighted by molar-refractivity contribution is 5.96. The summed E-state index contributed by atoms with van der Waals surface area (Å²) in [4.78, 5) is 14.0. The second-order valence-corrected chi connectivity index (χ2v) is 5.61. The number of nitrogens with two attached hydrogens (primary N) is 1. The summed E-state index contributed by atoms with van der Waals surface area (Å²) < 4.78 is 4.76. The minimum absolute atomic E-state index is 0.377. The third kappa shape index (κ3) is 3.00. The molecule has 1 fully saturated rings. The summed E-state index contributed by atoms with van der Waals surface area (Å²) >= 11 is 0. The van der Waals surface area contributed by atoms with Gasteiger partial charge < -0.3 is 15.4 Å². The van der Waals surface area contributed by atoms with Crippen LogP contribution >= 0.6 is 0 Å². The molecule has 1 aliphatic rings. The van der Waals surface area contributed by atoms with Crippen molar-refractivity contribution in [1.82, 2.24) is 0 Å². The van der Waals surface area contributed by atoms with Gasteiger partial charge in [-0.1, -0.05) is 13.8 Å². The van der Waals surface area contributed by atoms with E-state index in [1.807, 2.05) is 12.1 Å². The van der Waals surface area contributed by atoms with Crippen molar-refractivity contribution in [3.8, 4) is 0 Å². The van der Waals surface area contributed by atoms with Crippen molar-refractivity contribution in [1.29, 1.82) is 0 Å². The molecule has 4 nitrogen and oxygen atoms in total.